The van der Waals surface area contributed by atoms with Gasteiger partial charge in [-0.25, -0.2) is 5.43 Å². The van der Waals surface area contributed by atoms with Crippen molar-refractivity contribution in [2.75, 3.05) is 0 Å². The Morgan fingerprint density at radius 2 is 1.84 bits per heavy atom. The minimum absolute atomic E-state index is 0.207. The lowest BCUT2D eigenvalue weighted by Gasteiger charge is -2.07. The summed E-state index contributed by atoms with van der Waals surface area (Å²) in [6.07, 6.45) is 3.59. The minimum Gasteiger partial charge on any atom is -0.451 e. The number of para-hydroxylation sites is 2. The molecule has 0 atom stereocenters. The summed E-state index contributed by atoms with van der Waals surface area (Å²) in [5.74, 6) is -0.206. The van der Waals surface area contributed by atoms with Gasteiger partial charge in [0.05, 0.1) is 17.8 Å². The van der Waals surface area contributed by atoms with Crippen LogP contribution in [0.25, 0.3) is 21.9 Å². The molecule has 5 rings (SSSR count). The van der Waals surface area contributed by atoms with Crippen molar-refractivity contribution >= 4 is 34.0 Å². The zero-order valence-electron chi connectivity index (χ0n) is 17.0. The maximum absolute atomic E-state index is 12.4. The highest BCUT2D eigenvalue weighted by Gasteiger charge is 2.12. The van der Waals surface area contributed by atoms with Crippen LogP contribution in [-0.4, -0.2) is 16.7 Å². The van der Waals surface area contributed by atoms with Gasteiger partial charge in [-0.3, -0.25) is 4.79 Å². The van der Waals surface area contributed by atoms with Gasteiger partial charge in [-0.05, 0) is 29.8 Å². The van der Waals surface area contributed by atoms with Gasteiger partial charge in [-0.15, -0.1) is 0 Å². The first-order valence-electron chi connectivity index (χ1n) is 10.1. The Kier molecular flexibility index (Phi) is 4.98. The number of rotatable bonds is 5. The first-order chi connectivity index (χ1) is 15.7. The smallest absolute Gasteiger partial charge is 0.307 e. The molecular weight excluding hydrogens is 400 g/mol. The van der Waals surface area contributed by atoms with Crippen LogP contribution in [0.5, 0.6) is 0 Å². The third-order valence-corrected chi connectivity index (χ3v) is 5.32. The first-order valence-corrected chi connectivity index (χ1v) is 10.1. The highest BCUT2D eigenvalue weighted by atomic mass is 16.3. The predicted octanol–water partition coefficient (Wildman–Crippen LogP) is 5.07. The molecule has 0 bridgehead atoms. The van der Waals surface area contributed by atoms with Crippen molar-refractivity contribution in [2.24, 2.45) is 5.10 Å². The number of carbonyl (C=O) groups excluding carboxylic acids is 1. The SMILES string of the molecule is N#Cc1ccccc1Cn1cc(/C=N\NC(=O)c2cc3ccccc3o2)c2ccccc21. The van der Waals surface area contributed by atoms with Crippen molar-refractivity contribution in [1.82, 2.24) is 9.99 Å². The van der Waals surface area contributed by atoms with Gasteiger partial charge < -0.3 is 8.98 Å². The molecular formula is C26H18N4O2. The molecule has 0 aliphatic heterocycles. The van der Waals surface area contributed by atoms with E-state index in [9.17, 15) is 10.1 Å². The number of furan rings is 1. The van der Waals surface area contributed by atoms with Crippen LogP contribution < -0.4 is 5.43 Å². The van der Waals surface area contributed by atoms with Gasteiger partial charge in [0.2, 0.25) is 0 Å². The highest BCUT2D eigenvalue weighted by molar-refractivity contribution is 6.01. The molecule has 2 heterocycles. The number of nitriles is 1. The van der Waals surface area contributed by atoms with Crippen molar-refractivity contribution in [3.63, 3.8) is 0 Å². The zero-order chi connectivity index (χ0) is 21.9. The average molecular weight is 418 g/mol. The van der Waals surface area contributed by atoms with Crippen LogP contribution >= 0.6 is 0 Å². The fourth-order valence-corrected chi connectivity index (χ4v) is 3.77. The molecule has 1 amide bonds. The number of hydrogen-bond acceptors (Lipinski definition) is 4. The maximum Gasteiger partial charge on any atom is 0.307 e. The predicted molar refractivity (Wildman–Crippen MR) is 123 cm³/mol. The molecule has 2 aromatic heterocycles. The van der Waals surface area contributed by atoms with E-state index in [1.54, 1.807) is 12.3 Å². The fraction of sp³-hybridized carbons (Fsp3) is 0.0385. The molecule has 0 fully saturated rings. The molecule has 0 radical (unpaired) electrons. The first kappa shape index (κ1) is 19.3. The van der Waals surface area contributed by atoms with Crippen LogP contribution in [0.4, 0.5) is 0 Å². The molecule has 6 nitrogen and oxygen atoms in total. The van der Waals surface area contributed by atoms with E-state index in [1.807, 2.05) is 79.0 Å². The van der Waals surface area contributed by atoms with E-state index in [-0.39, 0.29) is 5.76 Å². The summed E-state index contributed by atoms with van der Waals surface area (Å²) >= 11 is 0. The van der Waals surface area contributed by atoms with E-state index in [0.29, 0.717) is 17.7 Å². The van der Waals surface area contributed by atoms with Crippen molar-refractivity contribution in [3.8, 4) is 6.07 Å². The van der Waals surface area contributed by atoms with E-state index in [0.717, 1.165) is 27.4 Å². The van der Waals surface area contributed by atoms with E-state index in [4.69, 9.17) is 4.42 Å². The molecule has 6 heteroatoms. The van der Waals surface area contributed by atoms with Crippen LogP contribution in [-0.2, 0) is 6.54 Å². The molecule has 0 saturated carbocycles. The van der Waals surface area contributed by atoms with Gasteiger partial charge in [0.1, 0.15) is 5.58 Å². The average Bonchev–Trinajstić information content (AvgIpc) is 3.42. The Balaban J connectivity index is 1.40. The Morgan fingerprint density at radius 3 is 2.72 bits per heavy atom. The lowest BCUT2D eigenvalue weighted by Crippen LogP contribution is -2.16. The third-order valence-electron chi connectivity index (χ3n) is 5.32. The zero-order valence-corrected chi connectivity index (χ0v) is 17.0. The number of benzene rings is 3. The van der Waals surface area contributed by atoms with Crippen molar-refractivity contribution in [3.05, 3.63) is 108 Å². The van der Waals surface area contributed by atoms with E-state index in [2.05, 4.69) is 21.2 Å². The lowest BCUT2D eigenvalue weighted by atomic mass is 10.1. The summed E-state index contributed by atoms with van der Waals surface area (Å²) in [5.41, 5.74) is 6.66. The largest absolute Gasteiger partial charge is 0.451 e. The van der Waals surface area contributed by atoms with Crippen molar-refractivity contribution in [1.29, 1.82) is 5.26 Å². The fourth-order valence-electron chi connectivity index (χ4n) is 3.77. The Bertz CT molecular complexity index is 1480. The van der Waals surface area contributed by atoms with Crippen molar-refractivity contribution < 1.29 is 9.21 Å². The maximum atomic E-state index is 12.4. The monoisotopic (exact) mass is 418 g/mol. The van der Waals surface area contributed by atoms with Crippen molar-refractivity contribution in [2.45, 2.75) is 6.54 Å². The number of nitrogens with zero attached hydrogens (tertiary/aromatic N) is 3. The number of hydrogen-bond donors (Lipinski definition) is 1. The van der Waals surface area contributed by atoms with Gasteiger partial charge in [-0.1, -0.05) is 54.6 Å². The van der Waals surface area contributed by atoms with Gasteiger partial charge >= 0.3 is 5.91 Å². The van der Waals surface area contributed by atoms with Gasteiger partial charge in [0, 0.05) is 34.6 Å². The summed E-state index contributed by atoms with van der Waals surface area (Å²) in [4.78, 5) is 12.4. The topological polar surface area (TPSA) is 83.3 Å². The van der Waals surface area contributed by atoms with Crippen LogP contribution in [0.3, 0.4) is 0 Å². The molecule has 32 heavy (non-hydrogen) atoms. The Hall–Kier alpha value is -4.63. The number of carbonyl (C=O) groups is 1. The number of hydrazone groups is 1. The van der Waals surface area contributed by atoms with Crippen LogP contribution in [0.2, 0.25) is 0 Å². The second-order valence-corrected chi connectivity index (χ2v) is 7.35. The van der Waals surface area contributed by atoms with Crippen LogP contribution in [0, 0.1) is 11.3 Å². The number of amides is 1. The molecule has 1 N–H and O–H groups in total. The summed E-state index contributed by atoms with van der Waals surface area (Å²) in [6, 6.07) is 26.9. The molecule has 154 valence electrons. The second kappa shape index (κ2) is 8.25. The van der Waals surface area contributed by atoms with Crippen LogP contribution in [0.1, 0.15) is 27.2 Å². The van der Waals surface area contributed by atoms with E-state index >= 15 is 0 Å². The van der Waals surface area contributed by atoms with E-state index < -0.39 is 5.91 Å². The molecule has 0 unspecified atom stereocenters. The number of fused-ring (bicyclic) bond motifs is 2. The quantitative estimate of drug-likeness (QED) is 0.319. The Morgan fingerprint density at radius 1 is 1.06 bits per heavy atom. The summed E-state index contributed by atoms with van der Waals surface area (Å²) in [5, 5.41) is 15.4. The molecule has 0 aliphatic carbocycles. The number of aromatic nitrogens is 1. The normalized spacial score (nSPS) is 11.2. The van der Waals surface area contributed by atoms with Gasteiger partial charge in [0.25, 0.3) is 0 Å². The highest BCUT2D eigenvalue weighted by Crippen LogP contribution is 2.22. The van der Waals surface area contributed by atoms with Gasteiger partial charge in [-0.2, -0.15) is 10.4 Å². The summed E-state index contributed by atoms with van der Waals surface area (Å²) in [7, 11) is 0. The molecule has 0 aliphatic rings. The standard InChI is InChI=1S/C26H18N4O2/c27-14-19-8-1-2-9-20(19)16-30-17-21(22-10-4-5-11-23(22)30)15-28-29-26(31)25-13-18-7-3-6-12-24(18)32-25/h1-13,15,17H,16H2,(H,29,31)/b28-15-. The summed E-state index contributed by atoms with van der Waals surface area (Å²) < 4.78 is 7.66. The Labute approximate surface area is 184 Å². The molecule has 0 saturated heterocycles. The lowest BCUT2D eigenvalue weighted by molar-refractivity contribution is 0.0929. The minimum atomic E-state index is -0.413. The molecule has 0 spiro atoms. The summed E-state index contributed by atoms with van der Waals surface area (Å²) in [6.45, 7) is 0.559. The van der Waals surface area contributed by atoms with E-state index in [1.165, 1.54) is 0 Å². The molecule has 5 aromatic rings. The van der Waals surface area contributed by atoms with Crippen LogP contribution in [0.15, 0.2) is 94.6 Å². The third kappa shape index (κ3) is 3.64. The number of nitrogens with one attached hydrogen (secondary N) is 1. The molecule has 3 aromatic carbocycles. The second-order valence-electron chi connectivity index (χ2n) is 7.35. The van der Waals surface area contributed by atoms with Gasteiger partial charge in [0.15, 0.2) is 5.76 Å².